The third-order valence-electron chi connectivity index (χ3n) is 3.92. The molecule has 0 amide bonds. The first kappa shape index (κ1) is 10.4. The summed E-state index contributed by atoms with van der Waals surface area (Å²) >= 11 is 0. The van der Waals surface area contributed by atoms with Crippen molar-refractivity contribution in [3.63, 3.8) is 0 Å². The van der Waals surface area contributed by atoms with Crippen molar-refractivity contribution in [1.82, 2.24) is 4.90 Å². The SMILES string of the molecule is C[C@H](N)CN1CC[C@H]2CCCC[C@@H]2C1. The van der Waals surface area contributed by atoms with Gasteiger partial charge in [-0.05, 0) is 38.1 Å². The lowest BCUT2D eigenvalue weighted by Gasteiger charge is -2.41. The molecule has 2 aliphatic rings. The van der Waals surface area contributed by atoms with E-state index in [1.165, 1.54) is 45.2 Å². The summed E-state index contributed by atoms with van der Waals surface area (Å²) in [5, 5.41) is 0. The monoisotopic (exact) mass is 196 g/mol. The largest absolute Gasteiger partial charge is 0.327 e. The third kappa shape index (κ3) is 2.48. The van der Waals surface area contributed by atoms with Gasteiger partial charge in [0.15, 0.2) is 0 Å². The molecule has 3 atom stereocenters. The minimum atomic E-state index is 0.343. The molecule has 2 fully saturated rings. The molecule has 82 valence electrons. The molecule has 0 radical (unpaired) electrons. The van der Waals surface area contributed by atoms with E-state index in [2.05, 4.69) is 11.8 Å². The summed E-state index contributed by atoms with van der Waals surface area (Å²) in [5.74, 6) is 2.05. The number of hydrogen-bond acceptors (Lipinski definition) is 2. The fraction of sp³-hybridized carbons (Fsp3) is 1.00. The number of piperidine rings is 1. The van der Waals surface area contributed by atoms with Crippen LogP contribution in [0.25, 0.3) is 0 Å². The topological polar surface area (TPSA) is 29.3 Å². The van der Waals surface area contributed by atoms with Crippen LogP contribution in [0.15, 0.2) is 0 Å². The molecule has 2 nitrogen and oxygen atoms in total. The first-order chi connectivity index (χ1) is 6.75. The van der Waals surface area contributed by atoms with Gasteiger partial charge < -0.3 is 10.6 Å². The number of nitrogens with zero attached hydrogens (tertiary/aromatic N) is 1. The summed E-state index contributed by atoms with van der Waals surface area (Å²) in [6, 6.07) is 0.343. The fourth-order valence-corrected chi connectivity index (χ4v) is 3.25. The van der Waals surface area contributed by atoms with Crippen molar-refractivity contribution in [1.29, 1.82) is 0 Å². The molecule has 1 aliphatic carbocycles. The van der Waals surface area contributed by atoms with E-state index < -0.39 is 0 Å². The van der Waals surface area contributed by atoms with Gasteiger partial charge in [0.25, 0.3) is 0 Å². The quantitative estimate of drug-likeness (QED) is 0.730. The van der Waals surface area contributed by atoms with Gasteiger partial charge in [-0.1, -0.05) is 19.3 Å². The molecule has 0 aromatic carbocycles. The van der Waals surface area contributed by atoms with E-state index in [0.29, 0.717) is 6.04 Å². The Morgan fingerprint density at radius 2 is 1.93 bits per heavy atom. The van der Waals surface area contributed by atoms with Gasteiger partial charge in [-0.25, -0.2) is 0 Å². The van der Waals surface area contributed by atoms with Gasteiger partial charge in [0.1, 0.15) is 0 Å². The maximum atomic E-state index is 5.85. The van der Waals surface area contributed by atoms with E-state index in [1.807, 2.05) is 0 Å². The molecule has 1 heterocycles. The highest BCUT2D eigenvalue weighted by Crippen LogP contribution is 2.35. The number of rotatable bonds is 2. The summed E-state index contributed by atoms with van der Waals surface area (Å²) in [7, 11) is 0. The van der Waals surface area contributed by atoms with E-state index in [0.717, 1.165) is 18.4 Å². The second kappa shape index (κ2) is 4.63. The normalized spacial score (nSPS) is 36.4. The highest BCUT2D eigenvalue weighted by molar-refractivity contribution is 4.84. The second-order valence-electron chi connectivity index (χ2n) is 5.33. The lowest BCUT2D eigenvalue weighted by molar-refractivity contribution is 0.0840. The summed E-state index contributed by atoms with van der Waals surface area (Å²) < 4.78 is 0. The first-order valence-electron chi connectivity index (χ1n) is 6.23. The molecular weight excluding hydrogens is 172 g/mol. The van der Waals surface area contributed by atoms with E-state index in [-0.39, 0.29) is 0 Å². The second-order valence-corrected chi connectivity index (χ2v) is 5.33. The van der Waals surface area contributed by atoms with Crippen LogP contribution >= 0.6 is 0 Å². The van der Waals surface area contributed by atoms with Gasteiger partial charge in [0.05, 0.1) is 0 Å². The van der Waals surface area contributed by atoms with Crippen molar-refractivity contribution in [2.75, 3.05) is 19.6 Å². The van der Waals surface area contributed by atoms with Crippen LogP contribution in [0.3, 0.4) is 0 Å². The van der Waals surface area contributed by atoms with E-state index in [1.54, 1.807) is 0 Å². The average molecular weight is 196 g/mol. The molecular formula is C12H24N2. The smallest absolute Gasteiger partial charge is 0.0139 e. The Morgan fingerprint density at radius 1 is 1.21 bits per heavy atom. The van der Waals surface area contributed by atoms with E-state index >= 15 is 0 Å². The molecule has 1 aliphatic heterocycles. The molecule has 2 N–H and O–H groups in total. The first-order valence-corrected chi connectivity index (χ1v) is 6.23. The van der Waals surface area contributed by atoms with Crippen LogP contribution in [0, 0.1) is 11.8 Å². The number of hydrogen-bond donors (Lipinski definition) is 1. The Kier molecular flexibility index (Phi) is 3.45. The van der Waals surface area contributed by atoms with Crippen LogP contribution in [0.5, 0.6) is 0 Å². The molecule has 0 aromatic heterocycles. The predicted octanol–water partition coefficient (Wildman–Crippen LogP) is 1.85. The molecule has 0 spiro atoms. The maximum Gasteiger partial charge on any atom is 0.0139 e. The molecule has 2 rings (SSSR count). The lowest BCUT2D eigenvalue weighted by Crippen LogP contribution is -2.45. The zero-order valence-electron chi connectivity index (χ0n) is 9.41. The molecule has 1 saturated heterocycles. The van der Waals surface area contributed by atoms with Crippen LogP contribution < -0.4 is 5.73 Å². The van der Waals surface area contributed by atoms with Crippen LogP contribution in [0.2, 0.25) is 0 Å². The Bertz CT molecular complexity index is 179. The highest BCUT2D eigenvalue weighted by Gasteiger charge is 2.30. The molecule has 2 heteroatoms. The van der Waals surface area contributed by atoms with Crippen LogP contribution in [0.4, 0.5) is 0 Å². The lowest BCUT2D eigenvalue weighted by atomic mass is 9.75. The highest BCUT2D eigenvalue weighted by atomic mass is 15.1. The van der Waals surface area contributed by atoms with Crippen molar-refractivity contribution >= 4 is 0 Å². The van der Waals surface area contributed by atoms with Gasteiger partial charge in [-0.2, -0.15) is 0 Å². The number of fused-ring (bicyclic) bond motifs is 1. The van der Waals surface area contributed by atoms with Crippen LogP contribution in [-0.4, -0.2) is 30.6 Å². The van der Waals surface area contributed by atoms with E-state index in [9.17, 15) is 0 Å². The Balaban J connectivity index is 1.83. The zero-order chi connectivity index (χ0) is 9.97. The van der Waals surface area contributed by atoms with Crippen LogP contribution in [0.1, 0.15) is 39.0 Å². The molecule has 1 saturated carbocycles. The van der Waals surface area contributed by atoms with Gasteiger partial charge in [0, 0.05) is 19.1 Å². The minimum absolute atomic E-state index is 0.343. The van der Waals surface area contributed by atoms with Gasteiger partial charge in [-0.3, -0.25) is 0 Å². The minimum Gasteiger partial charge on any atom is -0.327 e. The fourth-order valence-electron chi connectivity index (χ4n) is 3.25. The van der Waals surface area contributed by atoms with Crippen LogP contribution in [-0.2, 0) is 0 Å². The maximum absolute atomic E-state index is 5.85. The Morgan fingerprint density at radius 3 is 2.64 bits per heavy atom. The number of likely N-dealkylation sites (tertiary alicyclic amines) is 1. The Labute approximate surface area is 87.8 Å². The Hall–Kier alpha value is -0.0800. The molecule has 0 unspecified atom stereocenters. The van der Waals surface area contributed by atoms with Gasteiger partial charge >= 0.3 is 0 Å². The molecule has 14 heavy (non-hydrogen) atoms. The summed E-state index contributed by atoms with van der Waals surface area (Å²) in [5.41, 5.74) is 5.85. The van der Waals surface area contributed by atoms with E-state index in [4.69, 9.17) is 5.73 Å². The van der Waals surface area contributed by atoms with Crippen molar-refractivity contribution < 1.29 is 0 Å². The van der Waals surface area contributed by atoms with Crippen molar-refractivity contribution in [2.45, 2.75) is 45.1 Å². The van der Waals surface area contributed by atoms with Crippen molar-refractivity contribution in [3.05, 3.63) is 0 Å². The van der Waals surface area contributed by atoms with Crippen molar-refractivity contribution in [2.24, 2.45) is 17.6 Å². The summed E-state index contributed by atoms with van der Waals surface area (Å²) in [6.45, 7) is 5.84. The summed E-state index contributed by atoms with van der Waals surface area (Å²) in [6.07, 6.45) is 7.34. The summed E-state index contributed by atoms with van der Waals surface area (Å²) in [4.78, 5) is 2.58. The van der Waals surface area contributed by atoms with Crippen molar-refractivity contribution in [3.8, 4) is 0 Å². The predicted molar refractivity (Wildman–Crippen MR) is 60.2 cm³/mol. The zero-order valence-corrected chi connectivity index (χ0v) is 9.41. The average Bonchev–Trinajstić information content (AvgIpc) is 2.17. The number of nitrogens with two attached hydrogens (primary N) is 1. The molecule has 0 bridgehead atoms. The van der Waals surface area contributed by atoms with Gasteiger partial charge in [-0.15, -0.1) is 0 Å². The standard InChI is InChI=1S/C12H24N2/c1-10(13)8-14-7-6-11-4-2-3-5-12(11)9-14/h10-12H,2-9,13H2,1H3/t10-,11+,12+/m0/s1. The van der Waals surface area contributed by atoms with Gasteiger partial charge in [0.2, 0.25) is 0 Å². The molecule has 0 aromatic rings. The third-order valence-corrected chi connectivity index (χ3v) is 3.92.